The molecule has 0 unspecified atom stereocenters. The Morgan fingerprint density at radius 3 is 2.46 bits per heavy atom. The molecule has 4 nitrogen and oxygen atoms in total. The number of nitrogens with one attached hydrogen (secondary N) is 1. The predicted octanol–water partition coefficient (Wildman–Crippen LogP) is 4.19. The first-order valence-electron chi connectivity index (χ1n) is 7.48. The van der Waals surface area contributed by atoms with Crippen LogP contribution < -0.4 is 4.72 Å². The first kappa shape index (κ1) is 14.7. The highest BCUT2D eigenvalue weighted by Crippen LogP contribution is 2.26. The second-order valence-corrected chi connectivity index (χ2v) is 7.20. The standard InChI is InChI=1S/C19H14N2O2S/c22-24(23,17-9-8-14-4-1-2-5-15(14)12-17)21-19-7-3-6-16-13-20-11-10-18(16)19/h1-13,21H. The Bertz CT molecular complexity index is 1150. The lowest BCUT2D eigenvalue weighted by atomic mass is 10.1. The van der Waals surface area contributed by atoms with Gasteiger partial charge in [-0.1, -0.05) is 42.5 Å². The van der Waals surface area contributed by atoms with Crippen molar-refractivity contribution >= 4 is 37.3 Å². The molecule has 5 heteroatoms. The molecule has 1 N–H and O–H groups in total. The van der Waals surface area contributed by atoms with E-state index in [0.717, 1.165) is 21.5 Å². The summed E-state index contributed by atoms with van der Waals surface area (Å²) in [6.07, 6.45) is 3.36. The quantitative estimate of drug-likeness (QED) is 0.611. The maximum Gasteiger partial charge on any atom is 0.261 e. The summed E-state index contributed by atoms with van der Waals surface area (Å²) in [7, 11) is -3.67. The van der Waals surface area contributed by atoms with Crippen molar-refractivity contribution in [3.63, 3.8) is 0 Å². The van der Waals surface area contributed by atoms with E-state index in [1.807, 2.05) is 42.5 Å². The van der Waals surface area contributed by atoms with Crippen LogP contribution in [0.3, 0.4) is 0 Å². The zero-order valence-electron chi connectivity index (χ0n) is 12.7. The average molecular weight is 334 g/mol. The van der Waals surface area contributed by atoms with Crippen molar-refractivity contribution in [1.29, 1.82) is 0 Å². The molecule has 118 valence electrons. The molecule has 0 saturated carbocycles. The third kappa shape index (κ3) is 2.59. The molecule has 0 fully saturated rings. The van der Waals surface area contributed by atoms with Gasteiger partial charge in [-0.3, -0.25) is 9.71 Å². The van der Waals surface area contributed by atoms with Crippen molar-refractivity contribution in [3.05, 3.63) is 79.1 Å². The Hall–Kier alpha value is -2.92. The van der Waals surface area contributed by atoms with E-state index in [1.165, 1.54) is 0 Å². The molecule has 24 heavy (non-hydrogen) atoms. The average Bonchev–Trinajstić information content (AvgIpc) is 2.61. The van der Waals surface area contributed by atoms with Crippen molar-refractivity contribution in [3.8, 4) is 0 Å². The van der Waals surface area contributed by atoms with Crippen LogP contribution in [0.1, 0.15) is 0 Å². The maximum absolute atomic E-state index is 12.8. The van der Waals surface area contributed by atoms with Crippen molar-refractivity contribution in [2.75, 3.05) is 4.72 Å². The van der Waals surface area contributed by atoms with E-state index in [0.29, 0.717) is 5.69 Å². The maximum atomic E-state index is 12.8. The second kappa shape index (κ2) is 5.62. The normalized spacial score (nSPS) is 11.7. The molecule has 3 aromatic carbocycles. The van der Waals surface area contributed by atoms with Crippen LogP contribution in [0.25, 0.3) is 21.5 Å². The Morgan fingerprint density at radius 2 is 1.58 bits per heavy atom. The van der Waals surface area contributed by atoms with Crippen molar-refractivity contribution in [2.45, 2.75) is 4.90 Å². The van der Waals surface area contributed by atoms with Gasteiger partial charge in [0.15, 0.2) is 0 Å². The van der Waals surface area contributed by atoms with Gasteiger partial charge in [-0.2, -0.15) is 0 Å². The largest absolute Gasteiger partial charge is 0.279 e. The minimum absolute atomic E-state index is 0.243. The first-order valence-corrected chi connectivity index (χ1v) is 8.96. The third-order valence-corrected chi connectivity index (χ3v) is 5.32. The Labute approximate surface area is 139 Å². The fraction of sp³-hybridized carbons (Fsp3) is 0. The zero-order chi connectivity index (χ0) is 16.6. The number of fused-ring (bicyclic) bond motifs is 2. The van der Waals surface area contributed by atoms with Gasteiger partial charge in [0.2, 0.25) is 0 Å². The number of pyridine rings is 1. The van der Waals surface area contributed by atoms with Crippen molar-refractivity contribution in [1.82, 2.24) is 4.98 Å². The molecule has 4 rings (SSSR count). The molecule has 1 heterocycles. The van der Waals surface area contributed by atoms with Crippen molar-refractivity contribution in [2.24, 2.45) is 0 Å². The summed E-state index contributed by atoms with van der Waals surface area (Å²) in [5, 5.41) is 3.60. The Balaban J connectivity index is 1.79. The molecular weight excluding hydrogens is 320 g/mol. The van der Waals surface area contributed by atoms with Gasteiger partial charge >= 0.3 is 0 Å². The number of hydrogen-bond donors (Lipinski definition) is 1. The summed E-state index contributed by atoms with van der Waals surface area (Å²) in [6.45, 7) is 0. The lowest BCUT2D eigenvalue weighted by Gasteiger charge is -2.11. The molecule has 0 amide bonds. The molecular formula is C19H14N2O2S. The van der Waals surface area contributed by atoms with Crippen LogP contribution in [-0.2, 0) is 10.0 Å². The lowest BCUT2D eigenvalue weighted by Crippen LogP contribution is -2.13. The fourth-order valence-corrected chi connectivity index (χ4v) is 3.86. The SMILES string of the molecule is O=S(=O)(Nc1cccc2cnccc12)c1ccc2ccccc2c1. The Morgan fingerprint density at radius 1 is 0.792 bits per heavy atom. The van der Waals surface area contributed by atoms with E-state index in [2.05, 4.69) is 9.71 Å². The van der Waals surface area contributed by atoms with Crippen LogP contribution in [0.15, 0.2) is 84.0 Å². The molecule has 1 aromatic heterocycles. The van der Waals surface area contributed by atoms with E-state index < -0.39 is 10.0 Å². The van der Waals surface area contributed by atoms with Gasteiger partial charge < -0.3 is 0 Å². The smallest absolute Gasteiger partial charge is 0.261 e. The summed E-state index contributed by atoms with van der Waals surface area (Å²) in [6, 6.07) is 20.1. The van der Waals surface area contributed by atoms with Gasteiger partial charge in [-0.25, -0.2) is 8.42 Å². The predicted molar refractivity (Wildman–Crippen MR) is 96.5 cm³/mol. The monoisotopic (exact) mass is 334 g/mol. The number of anilines is 1. The van der Waals surface area contributed by atoms with Gasteiger partial charge in [0.25, 0.3) is 10.0 Å². The molecule has 0 saturated heterocycles. The summed E-state index contributed by atoms with van der Waals surface area (Å²) < 4.78 is 28.2. The van der Waals surface area contributed by atoms with Crippen LogP contribution in [0.4, 0.5) is 5.69 Å². The summed E-state index contributed by atoms with van der Waals surface area (Å²) >= 11 is 0. The topological polar surface area (TPSA) is 59.1 Å². The summed E-state index contributed by atoms with van der Waals surface area (Å²) in [5.41, 5.74) is 0.544. The van der Waals surface area contributed by atoms with Crippen LogP contribution in [-0.4, -0.2) is 13.4 Å². The van der Waals surface area contributed by atoms with Gasteiger partial charge in [-0.05, 0) is 35.0 Å². The highest BCUT2D eigenvalue weighted by atomic mass is 32.2. The summed E-state index contributed by atoms with van der Waals surface area (Å²) in [5.74, 6) is 0. The number of hydrogen-bond acceptors (Lipinski definition) is 3. The molecule has 0 aliphatic rings. The number of benzene rings is 3. The molecule has 0 spiro atoms. The molecule has 0 atom stereocenters. The van der Waals surface area contributed by atoms with Gasteiger partial charge in [-0.15, -0.1) is 0 Å². The van der Waals surface area contributed by atoms with Crippen LogP contribution >= 0.6 is 0 Å². The van der Waals surface area contributed by atoms with E-state index >= 15 is 0 Å². The zero-order valence-corrected chi connectivity index (χ0v) is 13.5. The second-order valence-electron chi connectivity index (χ2n) is 5.52. The molecule has 0 aliphatic carbocycles. The highest BCUT2D eigenvalue weighted by Gasteiger charge is 2.16. The highest BCUT2D eigenvalue weighted by molar-refractivity contribution is 7.92. The van der Waals surface area contributed by atoms with E-state index in [-0.39, 0.29) is 4.90 Å². The van der Waals surface area contributed by atoms with Crippen molar-refractivity contribution < 1.29 is 8.42 Å². The molecule has 4 aromatic rings. The third-order valence-electron chi connectivity index (χ3n) is 3.96. The van der Waals surface area contributed by atoms with E-state index in [1.54, 1.807) is 36.7 Å². The number of aromatic nitrogens is 1. The first-order chi connectivity index (χ1) is 11.6. The molecule has 0 radical (unpaired) electrons. The van der Waals surface area contributed by atoms with E-state index in [9.17, 15) is 8.42 Å². The van der Waals surface area contributed by atoms with Crippen LogP contribution in [0.5, 0.6) is 0 Å². The minimum Gasteiger partial charge on any atom is -0.279 e. The number of sulfonamides is 1. The Kier molecular flexibility index (Phi) is 3.43. The minimum atomic E-state index is -3.67. The van der Waals surface area contributed by atoms with Gasteiger partial charge in [0.05, 0.1) is 10.6 Å². The van der Waals surface area contributed by atoms with Crippen LogP contribution in [0, 0.1) is 0 Å². The fourth-order valence-electron chi connectivity index (χ4n) is 2.75. The van der Waals surface area contributed by atoms with E-state index in [4.69, 9.17) is 0 Å². The number of nitrogens with zero attached hydrogens (tertiary/aromatic N) is 1. The van der Waals surface area contributed by atoms with Crippen LogP contribution in [0.2, 0.25) is 0 Å². The number of rotatable bonds is 3. The van der Waals surface area contributed by atoms with Gasteiger partial charge in [0.1, 0.15) is 0 Å². The summed E-state index contributed by atoms with van der Waals surface area (Å²) in [4.78, 5) is 4.31. The molecule has 0 bridgehead atoms. The van der Waals surface area contributed by atoms with Gasteiger partial charge in [0, 0.05) is 23.2 Å². The molecule has 0 aliphatic heterocycles. The lowest BCUT2D eigenvalue weighted by molar-refractivity contribution is 0.601.